The number of amides is 2. The summed E-state index contributed by atoms with van der Waals surface area (Å²) >= 11 is 8.22. The van der Waals surface area contributed by atoms with Crippen molar-refractivity contribution < 1.29 is 24.3 Å². The minimum absolute atomic E-state index is 0.0412. The molecule has 1 saturated heterocycles. The van der Waals surface area contributed by atoms with Crippen LogP contribution in [0.25, 0.3) is 0 Å². The Morgan fingerprint density at radius 1 is 1.42 bits per heavy atom. The molecule has 0 saturated carbocycles. The van der Waals surface area contributed by atoms with Crippen LogP contribution in [0.15, 0.2) is 52.0 Å². The Bertz CT molecular complexity index is 1310. The van der Waals surface area contributed by atoms with E-state index in [0.29, 0.717) is 16.5 Å². The molecular formula is C19H18ClN9O5S2. The van der Waals surface area contributed by atoms with Gasteiger partial charge in [0, 0.05) is 36.2 Å². The van der Waals surface area contributed by atoms with Gasteiger partial charge in [0.05, 0.1) is 0 Å². The van der Waals surface area contributed by atoms with Crippen molar-refractivity contribution >= 4 is 63.5 Å². The zero-order valence-electron chi connectivity index (χ0n) is 18.4. The van der Waals surface area contributed by atoms with Gasteiger partial charge < -0.3 is 25.9 Å². The number of hydrogen-bond donors (Lipinski definition) is 4. The number of hydrazine groups is 1. The first kappa shape index (κ1) is 24.0. The average Bonchev–Trinajstić information content (AvgIpc) is 3.45. The molecular weight excluding hydrogens is 534 g/mol. The van der Waals surface area contributed by atoms with Gasteiger partial charge in [-0.1, -0.05) is 16.8 Å². The molecule has 17 heteroatoms. The van der Waals surface area contributed by atoms with Gasteiger partial charge in [0.25, 0.3) is 11.8 Å². The van der Waals surface area contributed by atoms with Crippen LogP contribution in [-0.4, -0.2) is 83.6 Å². The molecule has 14 nitrogen and oxygen atoms in total. The standard InChI is InChI=1S/C19H18ClN9O5S2/c1-34-25-11(14-23-19(21)36-26-14)15(30)22-12-16(31)29-13(18(32)33)8(7-35-17(12)29)6-27-4-5-28-10(27)3-2-9(20)24-28/h2-5,12,17,24H,6-7H2,1H3,(H,22,30)(H,32,33)(H2,21,23,26)/b25-11-/t12-,17+/m1/s1. The van der Waals surface area contributed by atoms with Gasteiger partial charge in [-0.3, -0.25) is 19.9 Å². The Labute approximate surface area is 216 Å². The lowest BCUT2D eigenvalue weighted by atomic mass is 10.0. The number of carboxylic acid groups (broad SMARTS) is 1. The molecule has 36 heavy (non-hydrogen) atoms. The van der Waals surface area contributed by atoms with Crippen molar-refractivity contribution in [2.24, 2.45) is 5.16 Å². The van der Waals surface area contributed by atoms with E-state index in [9.17, 15) is 19.5 Å². The lowest BCUT2D eigenvalue weighted by molar-refractivity contribution is -0.150. The van der Waals surface area contributed by atoms with Crippen LogP contribution < -0.4 is 16.5 Å². The molecule has 1 fully saturated rings. The molecule has 0 radical (unpaired) electrons. The first-order valence-corrected chi connectivity index (χ1v) is 12.5. The van der Waals surface area contributed by atoms with E-state index in [0.717, 1.165) is 17.4 Å². The van der Waals surface area contributed by atoms with Crippen LogP contribution in [0, 0.1) is 0 Å². The summed E-state index contributed by atoms with van der Waals surface area (Å²) < 4.78 is 3.95. The van der Waals surface area contributed by atoms with Gasteiger partial charge in [-0.25, -0.2) is 9.80 Å². The number of nitrogens with zero attached hydrogens (tertiary/aromatic N) is 6. The first-order valence-electron chi connectivity index (χ1n) is 10.3. The van der Waals surface area contributed by atoms with Crippen molar-refractivity contribution in [2.45, 2.75) is 11.4 Å². The van der Waals surface area contributed by atoms with E-state index in [4.69, 9.17) is 22.2 Å². The quantitative estimate of drug-likeness (QED) is 0.151. The fourth-order valence-corrected chi connectivity index (χ4v) is 5.89. The maximum absolute atomic E-state index is 13.0. The van der Waals surface area contributed by atoms with E-state index in [2.05, 4.69) is 25.3 Å². The van der Waals surface area contributed by atoms with Gasteiger partial charge in [0.2, 0.25) is 11.5 Å². The second-order valence-corrected chi connectivity index (χ2v) is 9.94. The molecule has 2 atom stereocenters. The number of hydrogen-bond acceptors (Lipinski definition) is 13. The molecule has 5 heterocycles. The van der Waals surface area contributed by atoms with Crippen molar-refractivity contribution in [2.75, 3.05) is 25.1 Å². The summed E-state index contributed by atoms with van der Waals surface area (Å²) in [5.41, 5.74) is 8.75. The number of aromatic nitrogens is 2. The summed E-state index contributed by atoms with van der Waals surface area (Å²) in [6.07, 6.45) is 7.02. The lowest BCUT2D eigenvalue weighted by Gasteiger charge is -2.49. The first-order chi connectivity index (χ1) is 17.3. The largest absolute Gasteiger partial charge is 0.477 e. The van der Waals surface area contributed by atoms with E-state index in [1.807, 2.05) is 4.90 Å². The summed E-state index contributed by atoms with van der Waals surface area (Å²) in [7, 11) is 1.25. The summed E-state index contributed by atoms with van der Waals surface area (Å²) in [4.78, 5) is 49.7. The summed E-state index contributed by atoms with van der Waals surface area (Å²) in [6.45, 7) is 0.246. The normalized spacial score (nSPS) is 22.9. The average molecular weight is 552 g/mol. The van der Waals surface area contributed by atoms with E-state index >= 15 is 0 Å². The maximum atomic E-state index is 13.0. The Morgan fingerprint density at radius 3 is 2.92 bits per heavy atom. The van der Waals surface area contributed by atoms with Gasteiger partial charge in [-0.05, 0) is 17.7 Å². The highest BCUT2D eigenvalue weighted by molar-refractivity contribution is 8.00. The molecule has 1 aromatic rings. The van der Waals surface area contributed by atoms with E-state index < -0.39 is 29.2 Å². The minimum atomic E-state index is -1.23. The van der Waals surface area contributed by atoms with Crippen molar-refractivity contribution in [1.29, 1.82) is 0 Å². The molecule has 4 aliphatic heterocycles. The maximum Gasteiger partial charge on any atom is 0.352 e. The predicted molar refractivity (Wildman–Crippen MR) is 130 cm³/mol. The monoisotopic (exact) mass is 551 g/mol. The van der Waals surface area contributed by atoms with Crippen LogP contribution >= 0.6 is 34.9 Å². The number of fused-ring (bicyclic) bond motifs is 2. The number of β-lactam (4-membered cyclic amide) rings is 1. The van der Waals surface area contributed by atoms with Crippen molar-refractivity contribution in [3.63, 3.8) is 0 Å². The number of carbonyl (C=O) groups excluding carboxylic acids is 2. The van der Waals surface area contributed by atoms with Gasteiger partial charge in [-0.2, -0.15) is 9.36 Å². The van der Waals surface area contributed by atoms with Crippen molar-refractivity contribution in [3.05, 3.63) is 52.6 Å². The van der Waals surface area contributed by atoms with E-state index in [1.165, 1.54) is 23.8 Å². The molecule has 2 amide bonds. The fraction of sp³-hybridized carbons (Fsp3) is 0.263. The molecule has 0 aliphatic carbocycles. The molecule has 0 bridgehead atoms. The van der Waals surface area contributed by atoms with Crippen LogP contribution in [-0.2, 0) is 19.2 Å². The van der Waals surface area contributed by atoms with Crippen molar-refractivity contribution in [1.82, 2.24) is 34.9 Å². The minimum Gasteiger partial charge on any atom is -0.477 e. The molecule has 4 aliphatic rings. The van der Waals surface area contributed by atoms with Crippen LogP contribution in [0.1, 0.15) is 5.82 Å². The second-order valence-electron chi connectivity index (χ2n) is 7.64. The number of nitrogens with two attached hydrogens (primary N) is 1. The molecule has 0 spiro atoms. The SMILES string of the molecule is CO/N=C(\C(=O)N[C@@H]1C(=O)N2C(C(=O)O)=C(CN3C=CN4NC(Cl)=CC=C34)CS[C@@H]12)c1nsc(N)n1. The summed E-state index contributed by atoms with van der Waals surface area (Å²) in [5, 5.41) is 17.9. The summed E-state index contributed by atoms with van der Waals surface area (Å²) in [6, 6.07) is -0.962. The Kier molecular flexibility index (Phi) is 6.23. The van der Waals surface area contributed by atoms with Gasteiger partial charge in [0.1, 0.15) is 35.2 Å². The van der Waals surface area contributed by atoms with Crippen LogP contribution in [0.3, 0.4) is 0 Å². The van der Waals surface area contributed by atoms with Crippen LogP contribution in [0.5, 0.6) is 0 Å². The smallest absolute Gasteiger partial charge is 0.352 e. The molecule has 188 valence electrons. The number of oxime groups is 1. The zero-order chi connectivity index (χ0) is 25.6. The number of carbonyl (C=O) groups is 3. The number of allylic oxidation sites excluding steroid dienone is 2. The lowest BCUT2D eigenvalue weighted by Crippen LogP contribution is -2.71. The molecule has 0 aromatic carbocycles. The number of nitrogen functional groups attached to an aromatic ring is 1. The van der Waals surface area contributed by atoms with Gasteiger partial charge >= 0.3 is 5.97 Å². The number of aliphatic carboxylic acids is 1. The number of halogens is 1. The fourth-order valence-electron chi connectivity index (χ4n) is 3.97. The van der Waals surface area contributed by atoms with Crippen LogP contribution in [0.2, 0.25) is 0 Å². The molecule has 5 rings (SSSR count). The molecule has 1 aromatic heterocycles. The van der Waals surface area contributed by atoms with E-state index in [-0.39, 0.29) is 28.9 Å². The number of carboxylic acids is 1. The van der Waals surface area contributed by atoms with Gasteiger partial charge in [0.15, 0.2) is 5.13 Å². The molecule has 5 N–H and O–H groups in total. The van der Waals surface area contributed by atoms with Crippen molar-refractivity contribution in [3.8, 4) is 0 Å². The summed E-state index contributed by atoms with van der Waals surface area (Å²) in [5.74, 6) is -1.47. The number of anilines is 1. The Hall–Kier alpha value is -3.76. The highest BCUT2D eigenvalue weighted by Crippen LogP contribution is 2.41. The highest BCUT2D eigenvalue weighted by atomic mass is 35.5. The number of rotatable bonds is 7. The van der Waals surface area contributed by atoms with Gasteiger partial charge in [-0.15, -0.1) is 11.8 Å². The highest BCUT2D eigenvalue weighted by Gasteiger charge is 2.54. The van der Waals surface area contributed by atoms with Crippen LogP contribution in [0.4, 0.5) is 5.13 Å². The number of thioether (sulfide) groups is 1. The Morgan fingerprint density at radius 2 is 2.22 bits per heavy atom. The second kappa shape index (κ2) is 9.36. The third-order valence-corrected chi connectivity index (χ3v) is 7.58. The molecule has 0 unspecified atom stereocenters. The topological polar surface area (TPSA) is 179 Å². The third-order valence-electron chi connectivity index (χ3n) is 5.49. The number of nitrogens with one attached hydrogen (secondary N) is 2. The third kappa shape index (κ3) is 4.12. The predicted octanol–water partition coefficient (Wildman–Crippen LogP) is -0.262. The van der Waals surface area contributed by atoms with E-state index in [1.54, 1.807) is 29.6 Å². The Balaban J connectivity index is 1.33. The zero-order valence-corrected chi connectivity index (χ0v) is 20.8.